The van der Waals surface area contributed by atoms with E-state index in [9.17, 15) is 5.11 Å². The van der Waals surface area contributed by atoms with Crippen molar-refractivity contribution in [2.24, 2.45) is 11.8 Å². The van der Waals surface area contributed by atoms with Gasteiger partial charge >= 0.3 is 58.1 Å². The zero-order valence-corrected chi connectivity index (χ0v) is 11.9. The van der Waals surface area contributed by atoms with Crippen molar-refractivity contribution in [3.63, 3.8) is 0 Å². The first-order valence-electron chi connectivity index (χ1n) is 5.32. The van der Waals surface area contributed by atoms with Gasteiger partial charge in [-0.15, -0.1) is 0 Å². The third kappa shape index (κ3) is 5.33. The van der Waals surface area contributed by atoms with Gasteiger partial charge in [-0.2, -0.15) is 5.26 Å². The van der Waals surface area contributed by atoms with Gasteiger partial charge in [-0.05, 0) is 18.1 Å². The van der Waals surface area contributed by atoms with E-state index < -0.39 is 6.72 Å². The van der Waals surface area contributed by atoms with E-state index in [1.54, 1.807) is 0 Å². The molecule has 5 N–H and O–H groups in total. The van der Waals surface area contributed by atoms with Crippen LogP contribution in [0.3, 0.4) is 0 Å². The van der Waals surface area contributed by atoms with Gasteiger partial charge in [-0.1, -0.05) is 13.3 Å². The Morgan fingerprint density at radius 2 is 2.00 bits per heavy atom. The van der Waals surface area contributed by atoms with Crippen LogP contribution in [0.1, 0.15) is 24.5 Å². The molecule has 0 aliphatic heterocycles. The van der Waals surface area contributed by atoms with Crippen molar-refractivity contribution in [3.8, 4) is 17.6 Å². The van der Waals surface area contributed by atoms with Crippen molar-refractivity contribution in [1.82, 2.24) is 0 Å². The first kappa shape index (κ1) is 20.4. The number of aryl methyl sites for hydroxylation is 1. The van der Waals surface area contributed by atoms with Crippen LogP contribution in [0, 0.1) is 11.3 Å². The molecular weight excluding hydrogens is 328 g/mol. The summed E-state index contributed by atoms with van der Waals surface area (Å²) in [5.74, 6) is 10.1. The number of nitrogens with two attached hydrogens (primary N) is 2. The Hall–Kier alpha value is 0.436. The fourth-order valence-electron chi connectivity index (χ4n) is 1.44. The Bertz CT molecular complexity index is 544. The standard InChI is InChI=1S/C10H14N3O4PS.K.H/c1-2-3-7-4-9(14)8(6-11)5-10(7)15-18(19,16-12)17-13;;/h4-5,14H,2-3,12-13H2,1H3;;. The van der Waals surface area contributed by atoms with E-state index in [0.29, 0.717) is 12.0 Å². The van der Waals surface area contributed by atoms with Crippen LogP contribution in [0.15, 0.2) is 12.1 Å². The van der Waals surface area contributed by atoms with Gasteiger partial charge in [0.25, 0.3) is 0 Å². The number of aromatic hydroxyl groups is 1. The molecule has 106 valence electrons. The summed E-state index contributed by atoms with van der Waals surface area (Å²) in [5, 5.41) is 18.5. The molecule has 0 amide bonds. The van der Waals surface area contributed by atoms with Gasteiger partial charge in [0.1, 0.15) is 17.6 Å². The molecular formula is C10H15KN3O4PS. The molecule has 0 fully saturated rings. The Balaban J connectivity index is 0.00000361. The molecule has 0 aliphatic rings. The van der Waals surface area contributed by atoms with E-state index >= 15 is 0 Å². The summed E-state index contributed by atoms with van der Waals surface area (Å²) in [4.78, 5) is 0. The summed E-state index contributed by atoms with van der Waals surface area (Å²) < 4.78 is 14.2. The molecule has 20 heavy (non-hydrogen) atoms. The number of rotatable bonds is 6. The molecule has 0 heterocycles. The second-order valence-electron chi connectivity index (χ2n) is 3.59. The average Bonchev–Trinajstić information content (AvgIpc) is 2.41. The van der Waals surface area contributed by atoms with E-state index in [0.717, 1.165) is 6.42 Å². The third-order valence-corrected chi connectivity index (χ3v) is 3.96. The second-order valence-corrected chi connectivity index (χ2v) is 6.43. The predicted molar refractivity (Wildman–Crippen MR) is 79.4 cm³/mol. The molecule has 0 atom stereocenters. The molecule has 0 unspecified atom stereocenters. The van der Waals surface area contributed by atoms with E-state index in [-0.39, 0.29) is 68.4 Å². The van der Waals surface area contributed by atoms with Crippen molar-refractivity contribution in [1.29, 1.82) is 5.26 Å². The number of phenols is 1. The molecule has 0 aliphatic carbocycles. The molecule has 0 spiro atoms. The fourth-order valence-corrected chi connectivity index (χ4v) is 2.23. The molecule has 10 heteroatoms. The third-order valence-electron chi connectivity index (χ3n) is 2.29. The van der Waals surface area contributed by atoms with Crippen LogP contribution in [0.25, 0.3) is 0 Å². The van der Waals surface area contributed by atoms with Crippen LogP contribution >= 0.6 is 6.72 Å². The molecule has 1 aromatic carbocycles. The summed E-state index contributed by atoms with van der Waals surface area (Å²) in [6.07, 6.45) is 1.41. The van der Waals surface area contributed by atoms with Crippen molar-refractivity contribution in [2.45, 2.75) is 19.8 Å². The maximum atomic E-state index is 9.65. The molecule has 1 rings (SSSR count). The fraction of sp³-hybridized carbons (Fsp3) is 0.300. The first-order valence-corrected chi connectivity index (χ1v) is 7.87. The van der Waals surface area contributed by atoms with Crippen molar-refractivity contribution in [3.05, 3.63) is 23.3 Å². The normalized spacial score (nSPS) is 10.5. The topological polar surface area (TPSA) is 124 Å². The Morgan fingerprint density at radius 3 is 2.45 bits per heavy atom. The summed E-state index contributed by atoms with van der Waals surface area (Å²) in [5.41, 5.74) is 0.702. The van der Waals surface area contributed by atoms with Crippen LogP contribution in [-0.2, 0) is 27.5 Å². The summed E-state index contributed by atoms with van der Waals surface area (Å²) >= 11 is 4.89. The quantitative estimate of drug-likeness (QED) is 0.396. The predicted octanol–water partition coefficient (Wildman–Crippen LogP) is 0.952. The van der Waals surface area contributed by atoms with Crippen LogP contribution in [0.4, 0.5) is 0 Å². The molecule has 0 radical (unpaired) electrons. The second kappa shape index (κ2) is 9.45. The monoisotopic (exact) mass is 343 g/mol. The van der Waals surface area contributed by atoms with Gasteiger partial charge in [0.15, 0.2) is 0 Å². The van der Waals surface area contributed by atoms with Crippen molar-refractivity contribution >= 4 is 69.9 Å². The van der Waals surface area contributed by atoms with Gasteiger partial charge in [-0.3, -0.25) is 0 Å². The van der Waals surface area contributed by atoms with Crippen LogP contribution < -0.4 is 16.3 Å². The van der Waals surface area contributed by atoms with Gasteiger partial charge in [0, 0.05) is 17.9 Å². The Morgan fingerprint density at radius 1 is 1.40 bits per heavy atom. The Kier molecular flexibility index (Phi) is 9.66. The molecule has 0 bridgehead atoms. The molecule has 0 aromatic heterocycles. The minimum atomic E-state index is -3.30. The number of hydrogen-bond acceptors (Lipinski definition) is 8. The average molecular weight is 343 g/mol. The molecule has 7 nitrogen and oxygen atoms in total. The minimum absolute atomic E-state index is 0. The van der Waals surface area contributed by atoms with E-state index in [4.69, 9.17) is 33.4 Å². The van der Waals surface area contributed by atoms with Gasteiger partial charge in [-0.25, -0.2) is 21.0 Å². The molecule has 0 saturated carbocycles. The van der Waals surface area contributed by atoms with E-state index in [2.05, 4.69) is 9.25 Å². The molecule has 1 aromatic rings. The zero-order valence-electron chi connectivity index (χ0n) is 10.2. The van der Waals surface area contributed by atoms with Gasteiger partial charge in [0.2, 0.25) is 0 Å². The number of benzene rings is 1. The van der Waals surface area contributed by atoms with Crippen molar-refractivity contribution in [2.75, 3.05) is 0 Å². The maximum absolute atomic E-state index is 9.65. The van der Waals surface area contributed by atoms with Gasteiger partial charge < -0.3 is 9.63 Å². The number of nitrogens with zero attached hydrogens (tertiary/aromatic N) is 1. The summed E-state index contributed by atoms with van der Waals surface area (Å²) in [6.45, 7) is -1.35. The van der Waals surface area contributed by atoms with Crippen LogP contribution in [0.2, 0.25) is 0 Å². The Labute approximate surface area is 164 Å². The van der Waals surface area contributed by atoms with Gasteiger partial charge in [0.05, 0.1) is 5.56 Å². The van der Waals surface area contributed by atoms with Crippen LogP contribution in [0.5, 0.6) is 11.5 Å². The van der Waals surface area contributed by atoms with Crippen molar-refractivity contribution < 1.29 is 18.9 Å². The number of nitriles is 1. The zero-order chi connectivity index (χ0) is 14.5. The van der Waals surface area contributed by atoms with E-state index in [1.807, 2.05) is 13.0 Å². The number of phenolic OH excluding ortho intramolecular Hbond substituents is 1. The first-order chi connectivity index (χ1) is 8.99. The van der Waals surface area contributed by atoms with E-state index in [1.165, 1.54) is 12.1 Å². The summed E-state index contributed by atoms with van der Waals surface area (Å²) in [7, 11) is 0. The summed E-state index contributed by atoms with van der Waals surface area (Å²) in [6, 6.07) is 4.61. The molecule has 0 saturated heterocycles. The SMILES string of the molecule is CCCc1cc(O)c(C#N)cc1OP(=S)(ON)ON.[KH]. The number of hydrogen-bond donors (Lipinski definition) is 3. The van der Waals surface area contributed by atoms with Crippen LogP contribution in [-0.4, -0.2) is 56.5 Å².